The Morgan fingerprint density at radius 2 is 1.77 bits per heavy atom. The highest BCUT2D eigenvalue weighted by Crippen LogP contribution is 2.17. The van der Waals surface area contributed by atoms with Crippen LogP contribution in [-0.2, 0) is 11.3 Å². The maximum Gasteiger partial charge on any atom is 0.387 e. The molecule has 0 aromatic heterocycles. The van der Waals surface area contributed by atoms with E-state index in [-0.39, 0.29) is 24.2 Å². The van der Waals surface area contributed by atoms with Crippen LogP contribution >= 0.6 is 11.6 Å². The van der Waals surface area contributed by atoms with Gasteiger partial charge in [0, 0.05) is 11.6 Å². The molecule has 0 spiro atoms. The molecule has 0 bridgehead atoms. The fourth-order valence-electron chi connectivity index (χ4n) is 2.51. The molecule has 26 heavy (non-hydrogen) atoms. The molecule has 0 saturated carbocycles. The molecule has 1 atom stereocenters. The number of ether oxygens (including phenoxy) is 1. The fourth-order valence-corrected chi connectivity index (χ4v) is 2.64. The molecule has 2 aromatic carbocycles. The number of rotatable bonds is 8. The molecule has 1 amide bonds. The van der Waals surface area contributed by atoms with E-state index in [4.69, 9.17) is 11.6 Å². The van der Waals surface area contributed by atoms with Crippen LogP contribution in [0.25, 0.3) is 0 Å². The normalized spacial score (nSPS) is 12.3. The summed E-state index contributed by atoms with van der Waals surface area (Å²) < 4.78 is 28.6. The van der Waals surface area contributed by atoms with E-state index in [9.17, 15) is 13.6 Å². The van der Waals surface area contributed by atoms with Gasteiger partial charge in [-0.05, 0) is 49.4 Å². The summed E-state index contributed by atoms with van der Waals surface area (Å²) in [5.74, 6) is 0.00791. The molecule has 7 heteroatoms. The number of likely N-dealkylation sites (N-methyl/N-ethyl adjacent to an activating group) is 1. The monoisotopic (exact) mass is 382 g/mol. The van der Waals surface area contributed by atoms with Gasteiger partial charge >= 0.3 is 6.61 Å². The summed E-state index contributed by atoms with van der Waals surface area (Å²) in [5.41, 5.74) is 1.87. The summed E-state index contributed by atoms with van der Waals surface area (Å²) in [6.07, 6.45) is 0. The second kappa shape index (κ2) is 9.50. The van der Waals surface area contributed by atoms with Crippen molar-refractivity contribution < 1.29 is 18.3 Å². The van der Waals surface area contributed by atoms with E-state index in [2.05, 4.69) is 10.1 Å². The molecule has 1 N–H and O–H groups in total. The van der Waals surface area contributed by atoms with E-state index in [1.54, 1.807) is 24.3 Å². The van der Waals surface area contributed by atoms with E-state index in [0.29, 0.717) is 11.6 Å². The minimum Gasteiger partial charge on any atom is -0.435 e. The lowest BCUT2D eigenvalue weighted by Gasteiger charge is -2.19. The number of benzene rings is 2. The number of alkyl halides is 2. The van der Waals surface area contributed by atoms with Crippen molar-refractivity contribution in [3.05, 3.63) is 64.7 Å². The SMILES string of the molecule is CC(NC(=O)CN(C)Cc1ccc(OC(F)F)cc1)c1ccc(Cl)cc1. The van der Waals surface area contributed by atoms with Gasteiger partial charge < -0.3 is 10.1 Å². The summed E-state index contributed by atoms with van der Waals surface area (Å²) in [4.78, 5) is 14.0. The van der Waals surface area contributed by atoms with Gasteiger partial charge in [0.15, 0.2) is 0 Å². The number of hydrogen-bond acceptors (Lipinski definition) is 3. The molecule has 0 saturated heterocycles. The zero-order valence-electron chi connectivity index (χ0n) is 14.6. The Bertz CT molecular complexity index is 708. The standard InChI is InChI=1S/C19H21ClF2N2O2/c1-13(15-5-7-16(20)8-6-15)23-18(25)12-24(2)11-14-3-9-17(10-4-14)26-19(21)22/h3-10,13,19H,11-12H2,1-2H3,(H,23,25). The predicted octanol–water partition coefficient (Wildman–Crippen LogP) is 4.25. The summed E-state index contributed by atoms with van der Waals surface area (Å²) in [6.45, 7) is -0.205. The van der Waals surface area contributed by atoms with Crippen molar-refractivity contribution >= 4 is 17.5 Å². The number of halogens is 3. The van der Waals surface area contributed by atoms with Gasteiger partial charge in [-0.25, -0.2) is 0 Å². The minimum atomic E-state index is -2.84. The summed E-state index contributed by atoms with van der Waals surface area (Å²) >= 11 is 5.86. The Balaban J connectivity index is 1.81. The molecule has 2 aromatic rings. The first-order chi connectivity index (χ1) is 12.3. The molecule has 1 unspecified atom stereocenters. The molecular weight excluding hydrogens is 362 g/mol. The maximum absolute atomic E-state index is 12.2. The molecule has 0 aliphatic heterocycles. The third kappa shape index (κ3) is 6.61. The average molecular weight is 383 g/mol. The Labute approximate surface area is 156 Å². The van der Waals surface area contributed by atoms with Gasteiger partial charge in [-0.1, -0.05) is 35.9 Å². The summed E-state index contributed by atoms with van der Waals surface area (Å²) in [5, 5.41) is 3.59. The lowest BCUT2D eigenvalue weighted by molar-refractivity contribution is -0.122. The van der Waals surface area contributed by atoms with Crippen molar-refractivity contribution in [1.29, 1.82) is 0 Å². The maximum atomic E-state index is 12.2. The van der Waals surface area contributed by atoms with Crippen LogP contribution < -0.4 is 10.1 Å². The van der Waals surface area contributed by atoms with Crippen LogP contribution in [0.5, 0.6) is 5.75 Å². The van der Waals surface area contributed by atoms with Crippen molar-refractivity contribution in [2.75, 3.05) is 13.6 Å². The van der Waals surface area contributed by atoms with E-state index in [1.165, 1.54) is 12.1 Å². The predicted molar refractivity (Wildman–Crippen MR) is 97.4 cm³/mol. The van der Waals surface area contributed by atoms with Crippen molar-refractivity contribution in [2.24, 2.45) is 0 Å². The van der Waals surface area contributed by atoms with Gasteiger partial charge in [-0.15, -0.1) is 0 Å². The molecule has 0 heterocycles. The third-order valence-electron chi connectivity index (χ3n) is 3.76. The van der Waals surface area contributed by atoms with Crippen molar-refractivity contribution in [3.63, 3.8) is 0 Å². The average Bonchev–Trinajstić information content (AvgIpc) is 2.56. The number of amides is 1. The Morgan fingerprint density at radius 3 is 2.35 bits per heavy atom. The van der Waals surface area contributed by atoms with Crippen LogP contribution in [0.15, 0.2) is 48.5 Å². The quantitative estimate of drug-likeness (QED) is 0.742. The lowest BCUT2D eigenvalue weighted by atomic mass is 10.1. The second-order valence-corrected chi connectivity index (χ2v) is 6.47. The number of carbonyl (C=O) groups excluding carboxylic acids is 1. The Morgan fingerprint density at radius 1 is 1.15 bits per heavy atom. The number of hydrogen-bond donors (Lipinski definition) is 1. The van der Waals surface area contributed by atoms with Crippen LogP contribution in [0.4, 0.5) is 8.78 Å². The fraction of sp³-hybridized carbons (Fsp3) is 0.316. The van der Waals surface area contributed by atoms with Crippen LogP contribution in [0, 0.1) is 0 Å². The highest BCUT2D eigenvalue weighted by atomic mass is 35.5. The van der Waals surface area contributed by atoms with Crippen molar-refractivity contribution in [3.8, 4) is 5.75 Å². The third-order valence-corrected chi connectivity index (χ3v) is 4.01. The van der Waals surface area contributed by atoms with Crippen LogP contribution in [0.2, 0.25) is 5.02 Å². The molecule has 4 nitrogen and oxygen atoms in total. The largest absolute Gasteiger partial charge is 0.435 e. The van der Waals surface area contributed by atoms with Gasteiger partial charge in [-0.3, -0.25) is 9.69 Å². The van der Waals surface area contributed by atoms with Crippen molar-refractivity contribution in [1.82, 2.24) is 10.2 Å². The highest BCUT2D eigenvalue weighted by Gasteiger charge is 2.12. The second-order valence-electron chi connectivity index (χ2n) is 6.04. The molecule has 0 aliphatic rings. The highest BCUT2D eigenvalue weighted by molar-refractivity contribution is 6.30. The first-order valence-electron chi connectivity index (χ1n) is 8.10. The van der Waals surface area contributed by atoms with Crippen LogP contribution in [0.3, 0.4) is 0 Å². The Hall–Kier alpha value is -2.18. The van der Waals surface area contributed by atoms with E-state index in [0.717, 1.165) is 11.1 Å². The number of nitrogens with one attached hydrogen (secondary N) is 1. The minimum absolute atomic E-state index is 0.104. The topological polar surface area (TPSA) is 41.6 Å². The molecule has 0 radical (unpaired) electrons. The molecule has 2 rings (SSSR count). The number of carbonyl (C=O) groups is 1. The van der Waals surface area contributed by atoms with E-state index >= 15 is 0 Å². The smallest absolute Gasteiger partial charge is 0.387 e. The van der Waals surface area contributed by atoms with Gasteiger partial charge in [0.1, 0.15) is 5.75 Å². The van der Waals surface area contributed by atoms with Gasteiger partial charge in [0.05, 0.1) is 12.6 Å². The summed E-state index contributed by atoms with van der Waals surface area (Å²) in [7, 11) is 1.82. The Kier molecular flexibility index (Phi) is 7.36. The van der Waals surface area contributed by atoms with Crippen LogP contribution in [0.1, 0.15) is 24.1 Å². The molecule has 0 fully saturated rings. The zero-order valence-corrected chi connectivity index (χ0v) is 15.3. The molecule has 0 aliphatic carbocycles. The summed E-state index contributed by atoms with van der Waals surface area (Å²) in [6, 6.07) is 13.6. The van der Waals surface area contributed by atoms with Crippen LogP contribution in [-0.4, -0.2) is 31.0 Å². The van der Waals surface area contributed by atoms with Gasteiger partial charge in [0.2, 0.25) is 5.91 Å². The van der Waals surface area contributed by atoms with Crippen molar-refractivity contribution in [2.45, 2.75) is 26.1 Å². The molecule has 140 valence electrons. The van der Waals surface area contributed by atoms with E-state index in [1.807, 2.05) is 31.0 Å². The first-order valence-corrected chi connectivity index (χ1v) is 8.48. The van der Waals surface area contributed by atoms with E-state index < -0.39 is 6.61 Å². The number of nitrogens with zero attached hydrogens (tertiary/aromatic N) is 1. The lowest BCUT2D eigenvalue weighted by Crippen LogP contribution is -2.36. The first kappa shape index (κ1) is 20.1. The molecular formula is C19H21ClF2N2O2. The van der Waals surface area contributed by atoms with Gasteiger partial charge in [0.25, 0.3) is 0 Å². The zero-order chi connectivity index (χ0) is 19.1. The van der Waals surface area contributed by atoms with Gasteiger partial charge in [-0.2, -0.15) is 8.78 Å².